The van der Waals surface area contributed by atoms with Gasteiger partial charge in [0.25, 0.3) is 0 Å². The summed E-state index contributed by atoms with van der Waals surface area (Å²) in [6, 6.07) is 51.2. The second-order valence-electron chi connectivity index (χ2n) is 32.0. The normalized spacial score (nSPS) is 20.7. The topological polar surface area (TPSA) is 55.4 Å². The number of ether oxygens (including phenoxy) is 4. The number of fused-ring (bicyclic) bond motifs is 1. The summed E-state index contributed by atoms with van der Waals surface area (Å²) < 4.78 is 46.0. The van der Waals surface area contributed by atoms with Crippen LogP contribution in [-0.2, 0) is 23.3 Å². The van der Waals surface area contributed by atoms with Crippen LogP contribution in [0.1, 0.15) is 11.9 Å². The molecule has 6 atom stereocenters. The van der Waals surface area contributed by atoms with Crippen LogP contribution in [0.2, 0.25) is 157 Å². The molecule has 0 N–H and O–H groups in total. The van der Waals surface area contributed by atoms with E-state index in [2.05, 4.69) is 260 Å². The summed E-state index contributed by atoms with van der Waals surface area (Å²) in [5, 5.41) is 16.7. The predicted octanol–water partition coefficient (Wildman–Crippen LogP) is 12.1. The third kappa shape index (κ3) is 16.4. The predicted molar refractivity (Wildman–Crippen MR) is 387 cm³/mol. The Morgan fingerprint density at radius 2 is 0.639 bits per heavy atom. The molecule has 2 saturated heterocycles. The molecule has 0 spiro atoms. The van der Waals surface area contributed by atoms with Gasteiger partial charge >= 0.3 is 0 Å². The molecule has 2 aliphatic rings. The fourth-order valence-corrected chi connectivity index (χ4v) is 25.5. The molecule has 6 nitrogen and oxygen atoms in total. The second kappa shape index (κ2) is 24.8. The zero-order chi connectivity index (χ0) is 61.2. The highest BCUT2D eigenvalue weighted by molar-refractivity contribution is 7.69. The molecule has 16 heteroatoms. The molecule has 2 aliphatic heterocycles. The minimum Gasteiger partial charge on any atom is -0.462 e. The van der Waals surface area contributed by atoms with Crippen molar-refractivity contribution < 1.29 is 28.0 Å². The first-order valence-corrected chi connectivity index (χ1v) is 60.9. The van der Waals surface area contributed by atoms with Crippen molar-refractivity contribution in [2.75, 3.05) is 6.61 Å². The Morgan fingerprint density at radius 1 is 0.349 bits per heavy atom. The Bertz CT molecular complexity index is 2940. The molecule has 0 aliphatic carbocycles. The van der Waals surface area contributed by atoms with Crippen molar-refractivity contribution in [2.45, 2.75) is 194 Å². The zero-order valence-corrected chi connectivity index (χ0v) is 65.0. The Labute approximate surface area is 513 Å². The lowest BCUT2D eigenvalue weighted by Gasteiger charge is -2.50. The number of hydrogen-bond acceptors (Lipinski definition) is 6. The highest BCUT2D eigenvalue weighted by Gasteiger charge is 2.55. The van der Waals surface area contributed by atoms with E-state index in [1.807, 2.05) is 30.3 Å². The molecule has 6 aromatic carbocycles. The van der Waals surface area contributed by atoms with Gasteiger partial charge in [0.2, 0.25) is 6.29 Å². The summed E-state index contributed by atoms with van der Waals surface area (Å²) in [5.74, 6) is 0.712. The molecule has 0 bridgehead atoms. The van der Waals surface area contributed by atoms with E-state index < -0.39 is 118 Å². The van der Waals surface area contributed by atoms with E-state index in [1.54, 1.807) is 0 Å². The fraction of sp³-hybridized carbons (Fsp3) is 0.463. The maximum absolute atomic E-state index is 8.55. The fourth-order valence-electron chi connectivity index (χ4n) is 10.4. The average Bonchev–Trinajstić information content (AvgIpc) is 3.58. The van der Waals surface area contributed by atoms with Gasteiger partial charge in [-0.15, -0.1) is 0 Å². The van der Waals surface area contributed by atoms with Gasteiger partial charge in [0, 0.05) is 26.8 Å². The van der Waals surface area contributed by atoms with E-state index in [0.717, 1.165) is 5.56 Å². The monoisotopic (exact) mass is 1290 g/mol. The van der Waals surface area contributed by atoms with E-state index in [9.17, 15) is 0 Å². The van der Waals surface area contributed by atoms with Crippen LogP contribution in [0, 0.1) is 0 Å². The van der Waals surface area contributed by atoms with Gasteiger partial charge in [0.15, 0.2) is 12.4 Å². The number of para-hydroxylation sites is 1. The summed E-state index contributed by atoms with van der Waals surface area (Å²) in [5.41, 5.74) is 0.962. The van der Waals surface area contributed by atoms with E-state index in [4.69, 9.17) is 28.0 Å². The van der Waals surface area contributed by atoms with E-state index in [0.29, 0.717) is 12.4 Å². The van der Waals surface area contributed by atoms with E-state index in [1.165, 1.54) is 62.7 Å². The Morgan fingerprint density at radius 3 is 0.940 bits per heavy atom. The molecule has 2 heterocycles. The summed E-state index contributed by atoms with van der Waals surface area (Å²) in [6.07, 6.45) is -4.12. The van der Waals surface area contributed by atoms with E-state index in [-0.39, 0.29) is 0 Å². The first-order chi connectivity index (χ1) is 38.1. The first-order valence-electron chi connectivity index (χ1n) is 30.4. The van der Waals surface area contributed by atoms with Crippen molar-refractivity contribution in [1.82, 2.24) is 0 Å². The van der Waals surface area contributed by atoms with Crippen LogP contribution in [0.3, 0.4) is 0 Å². The summed E-state index contributed by atoms with van der Waals surface area (Å²) in [4.78, 5) is 0. The van der Waals surface area contributed by atoms with Gasteiger partial charge in [-0.1, -0.05) is 320 Å². The smallest absolute Gasteiger partial charge is 0.229 e. The van der Waals surface area contributed by atoms with Crippen molar-refractivity contribution in [3.63, 3.8) is 0 Å². The third-order valence-electron chi connectivity index (χ3n) is 16.3. The lowest BCUT2D eigenvalue weighted by molar-refractivity contribution is -0.342. The van der Waals surface area contributed by atoms with Gasteiger partial charge < -0.3 is 28.0 Å². The maximum atomic E-state index is 8.55. The average molecular weight is 1290 g/mol. The van der Waals surface area contributed by atoms with Gasteiger partial charge in [-0.2, -0.15) is 0 Å². The first kappa shape index (κ1) is 66.5. The minimum atomic E-state index is -1.87. The third-order valence-corrected chi connectivity index (χ3v) is 36.3. The van der Waals surface area contributed by atoms with Crippen LogP contribution in [0.5, 0.6) is 5.75 Å². The van der Waals surface area contributed by atoms with Crippen molar-refractivity contribution >= 4 is 144 Å². The van der Waals surface area contributed by atoms with Crippen LogP contribution in [0.25, 0.3) is 0 Å². The Balaban J connectivity index is 1.49. The molecule has 8 rings (SSSR count). The van der Waals surface area contributed by atoms with Gasteiger partial charge in [-0.3, -0.25) is 0 Å². The maximum Gasteiger partial charge on any atom is 0.229 e. The number of benzene rings is 6. The highest BCUT2D eigenvalue weighted by Crippen LogP contribution is 2.48. The van der Waals surface area contributed by atoms with Crippen LogP contribution < -0.4 is 67.4 Å². The molecule has 2 fully saturated rings. The molecule has 0 amide bonds. The number of rotatable bonds is 19. The molecule has 0 unspecified atom stereocenters. The number of hydrogen-bond donors (Lipinski definition) is 0. The summed E-state index contributed by atoms with van der Waals surface area (Å²) >= 11 is 0. The van der Waals surface area contributed by atoms with Crippen LogP contribution in [0.15, 0.2) is 133 Å². The quantitative estimate of drug-likeness (QED) is 0.0595. The van der Waals surface area contributed by atoms with Crippen molar-refractivity contribution in [1.29, 1.82) is 0 Å². The molecular formula is C67H102O6P2Si8. The Kier molecular flexibility index (Phi) is 19.9. The van der Waals surface area contributed by atoms with Crippen molar-refractivity contribution in [3.05, 3.63) is 139 Å². The van der Waals surface area contributed by atoms with Gasteiger partial charge in [0.1, 0.15) is 24.1 Å². The van der Waals surface area contributed by atoms with Crippen molar-refractivity contribution in [3.8, 4) is 5.75 Å². The molecule has 0 radical (unpaired) electrons. The van der Waals surface area contributed by atoms with Crippen molar-refractivity contribution in [2.24, 2.45) is 0 Å². The highest BCUT2D eigenvalue weighted by atomic mass is 31.1. The standard InChI is InChI=1S/C67H102O6P2Si8/c1-76(2,3)54-35-50(36-55(43-54)77(4,5)6)74(51-37-56(78(7,8)9)44-57(38-51)79(10,11)12)72-64-63-62(47-68-66(71-63)48-31-27-25-28-32-48)70-67(69-49-33-29-26-30-34-49)65(64)73-75(52-39-58(80(13,14)15)45-59(40-52)81(16,17)18)53-41-60(82(19,20)21)46-61(42-53)83(22,23)24/h25-46,62-67H,47H2,1-24H3/t62-,63-,64+,65-,66-,67-/m1/s1. The lowest BCUT2D eigenvalue weighted by Crippen LogP contribution is -2.64. The minimum absolute atomic E-state index is 0.295. The SMILES string of the molecule is C[Si](C)(C)c1cc(P(O[C@@H]2[C@@H](OP(c3cc([Si](C)(C)C)cc([Si](C)(C)C)c3)c3cc([Si](C)(C)C)cc([Si](C)(C)C)c3)[C@H](Oc3ccccc3)O[C@@H]3CO[C@@H](c4ccccc4)O[C@@H]23)c2cc([Si](C)(C)C)cc([Si](C)(C)C)c2)cc([Si](C)(C)C)c1. The van der Waals surface area contributed by atoms with Crippen LogP contribution in [-0.4, -0.2) is 102 Å². The summed E-state index contributed by atoms with van der Waals surface area (Å²) in [7, 11) is -18.1. The van der Waals surface area contributed by atoms with Crippen LogP contribution in [0.4, 0.5) is 0 Å². The molecule has 83 heavy (non-hydrogen) atoms. The van der Waals surface area contributed by atoms with Gasteiger partial charge in [0.05, 0.1) is 87.5 Å². The molecule has 0 saturated carbocycles. The largest absolute Gasteiger partial charge is 0.462 e. The van der Waals surface area contributed by atoms with Gasteiger partial charge in [-0.05, 0) is 12.1 Å². The molecule has 6 aromatic rings. The van der Waals surface area contributed by atoms with Crippen LogP contribution >= 0.6 is 16.3 Å². The van der Waals surface area contributed by atoms with Gasteiger partial charge in [-0.25, -0.2) is 0 Å². The Hall–Kier alpha value is -2.48. The second-order valence-corrected chi connectivity index (χ2v) is 76.2. The molecule has 448 valence electrons. The molecule has 0 aromatic heterocycles. The van der Waals surface area contributed by atoms with E-state index >= 15 is 0 Å². The summed E-state index contributed by atoms with van der Waals surface area (Å²) in [6.45, 7) is 60.1. The zero-order valence-electron chi connectivity index (χ0n) is 55.2. The lowest BCUT2D eigenvalue weighted by atomic mass is 9.98. The molecular weight excluding hydrogens is 1190 g/mol.